The highest BCUT2D eigenvalue weighted by Gasteiger charge is 2.61. The Morgan fingerprint density at radius 3 is 2.61 bits per heavy atom. The van der Waals surface area contributed by atoms with Crippen molar-refractivity contribution < 1.29 is 43.1 Å². The number of phenolic OH excluding ortho intramolecular Hbond substituents is 1. The van der Waals surface area contributed by atoms with E-state index in [1.807, 2.05) is 24.3 Å². The minimum absolute atomic E-state index is 0.0126. The van der Waals surface area contributed by atoms with Crippen LogP contribution in [0.5, 0.6) is 5.75 Å². The predicted octanol–water partition coefficient (Wildman–Crippen LogP) is 2.48. The summed E-state index contributed by atoms with van der Waals surface area (Å²) in [6.45, 7) is -0.716. The van der Waals surface area contributed by atoms with Gasteiger partial charge in [0, 0.05) is 23.8 Å². The number of hydrogen-bond donors (Lipinski definition) is 4. The van der Waals surface area contributed by atoms with Gasteiger partial charge in [-0.25, -0.2) is 17.9 Å². The molecule has 0 radical (unpaired) electrons. The lowest BCUT2D eigenvalue weighted by Crippen LogP contribution is -2.62. The van der Waals surface area contributed by atoms with Crippen molar-refractivity contribution in [2.75, 3.05) is 13.2 Å². The van der Waals surface area contributed by atoms with Crippen LogP contribution in [0.25, 0.3) is 22.0 Å². The Bertz CT molecular complexity index is 1610. The number of ether oxygens (including phenoxy) is 2. The number of phenols is 1. The molecule has 41 heavy (non-hydrogen) atoms. The SMILES string of the molecule is OCC1CC(N=Cc2c(O)ccc3ccccc23)C2(OCC(O)C(n3cc(-c4cc(F)c(F)c(F)c4)nn3)C2O)O1. The molecular formula is C28H25F3N4O6. The molecule has 2 aliphatic rings. The number of aromatic hydroxyl groups is 1. The summed E-state index contributed by atoms with van der Waals surface area (Å²) >= 11 is 0. The maximum absolute atomic E-state index is 13.8. The average molecular weight is 571 g/mol. The Morgan fingerprint density at radius 2 is 1.85 bits per heavy atom. The summed E-state index contributed by atoms with van der Waals surface area (Å²) in [4.78, 5) is 4.61. The quantitative estimate of drug-likeness (QED) is 0.212. The van der Waals surface area contributed by atoms with Crippen molar-refractivity contribution in [3.8, 4) is 17.0 Å². The van der Waals surface area contributed by atoms with E-state index in [-0.39, 0.29) is 30.0 Å². The Kier molecular flexibility index (Phi) is 6.99. The van der Waals surface area contributed by atoms with Crippen molar-refractivity contribution in [1.82, 2.24) is 15.0 Å². The van der Waals surface area contributed by atoms with E-state index in [0.717, 1.165) is 27.6 Å². The molecule has 1 spiro atoms. The van der Waals surface area contributed by atoms with Crippen LogP contribution in [-0.4, -0.2) is 85.0 Å². The molecule has 4 aromatic rings. The van der Waals surface area contributed by atoms with Crippen LogP contribution in [0.3, 0.4) is 0 Å². The molecule has 0 saturated carbocycles. The van der Waals surface area contributed by atoms with E-state index < -0.39 is 60.2 Å². The number of hydrogen-bond acceptors (Lipinski definition) is 9. The number of aliphatic imine (C=N–C) groups is 1. The zero-order valence-electron chi connectivity index (χ0n) is 21.3. The lowest BCUT2D eigenvalue weighted by atomic mass is 9.89. The molecule has 214 valence electrons. The number of fused-ring (bicyclic) bond motifs is 1. The van der Waals surface area contributed by atoms with Gasteiger partial charge in [0.1, 0.15) is 35.7 Å². The van der Waals surface area contributed by atoms with Crippen molar-refractivity contribution in [3.63, 3.8) is 0 Å². The number of aliphatic hydroxyl groups excluding tert-OH is 3. The molecule has 0 amide bonds. The molecule has 3 heterocycles. The van der Waals surface area contributed by atoms with E-state index in [1.54, 1.807) is 12.1 Å². The van der Waals surface area contributed by atoms with E-state index >= 15 is 0 Å². The molecule has 13 heteroatoms. The average Bonchev–Trinajstić information content (AvgIpc) is 3.59. The molecule has 4 N–H and O–H groups in total. The lowest BCUT2D eigenvalue weighted by Gasteiger charge is -2.45. The van der Waals surface area contributed by atoms with Crippen LogP contribution in [0, 0.1) is 17.5 Å². The van der Waals surface area contributed by atoms with Crippen LogP contribution in [0.2, 0.25) is 0 Å². The molecule has 2 fully saturated rings. The fourth-order valence-corrected chi connectivity index (χ4v) is 5.49. The molecule has 0 bridgehead atoms. The first kappa shape index (κ1) is 27.3. The van der Waals surface area contributed by atoms with Crippen LogP contribution < -0.4 is 0 Å². The third-order valence-corrected chi connectivity index (χ3v) is 7.54. The van der Waals surface area contributed by atoms with Crippen LogP contribution in [0.4, 0.5) is 13.2 Å². The van der Waals surface area contributed by atoms with Crippen LogP contribution in [-0.2, 0) is 9.47 Å². The van der Waals surface area contributed by atoms with Gasteiger partial charge in [-0.2, -0.15) is 0 Å². The summed E-state index contributed by atoms with van der Waals surface area (Å²) in [6.07, 6.45) is -0.838. The summed E-state index contributed by atoms with van der Waals surface area (Å²) < 4.78 is 54.0. The second-order valence-electron chi connectivity index (χ2n) is 10.0. The molecular weight excluding hydrogens is 545 g/mol. The normalized spacial score (nSPS) is 28.3. The highest BCUT2D eigenvalue weighted by atomic mass is 19.2. The second kappa shape index (κ2) is 10.5. The van der Waals surface area contributed by atoms with Gasteiger partial charge in [0.15, 0.2) is 17.5 Å². The molecule has 2 aliphatic heterocycles. The van der Waals surface area contributed by atoms with Gasteiger partial charge in [0.05, 0.1) is 25.5 Å². The minimum Gasteiger partial charge on any atom is -0.507 e. The van der Waals surface area contributed by atoms with Crippen molar-refractivity contribution in [1.29, 1.82) is 0 Å². The Morgan fingerprint density at radius 1 is 1.10 bits per heavy atom. The van der Waals surface area contributed by atoms with Gasteiger partial charge in [0.2, 0.25) is 5.79 Å². The van der Waals surface area contributed by atoms with Crippen LogP contribution in [0.15, 0.2) is 59.7 Å². The van der Waals surface area contributed by atoms with Gasteiger partial charge in [-0.1, -0.05) is 35.5 Å². The molecule has 0 aliphatic carbocycles. The van der Waals surface area contributed by atoms with Crippen molar-refractivity contribution >= 4 is 17.0 Å². The first-order valence-electron chi connectivity index (χ1n) is 12.8. The molecule has 6 rings (SSSR count). The zero-order valence-corrected chi connectivity index (χ0v) is 21.3. The zero-order chi connectivity index (χ0) is 28.9. The lowest BCUT2D eigenvalue weighted by molar-refractivity contribution is -0.325. The molecule has 3 aromatic carbocycles. The van der Waals surface area contributed by atoms with Gasteiger partial charge >= 0.3 is 0 Å². The van der Waals surface area contributed by atoms with Crippen molar-refractivity contribution in [2.24, 2.45) is 4.99 Å². The van der Waals surface area contributed by atoms with Gasteiger partial charge in [-0.05, 0) is 29.0 Å². The second-order valence-corrected chi connectivity index (χ2v) is 10.0. The third-order valence-electron chi connectivity index (χ3n) is 7.54. The number of aromatic nitrogens is 3. The maximum Gasteiger partial charge on any atom is 0.220 e. The Labute approximate surface area is 230 Å². The fourth-order valence-electron chi connectivity index (χ4n) is 5.49. The van der Waals surface area contributed by atoms with E-state index in [0.29, 0.717) is 5.56 Å². The fraction of sp³-hybridized carbons (Fsp3) is 0.321. The number of aliphatic hydroxyl groups is 3. The Hall–Kier alpha value is -3.88. The first-order chi connectivity index (χ1) is 19.7. The summed E-state index contributed by atoms with van der Waals surface area (Å²) in [7, 11) is 0. The molecule has 2 saturated heterocycles. The van der Waals surface area contributed by atoms with E-state index in [9.17, 15) is 33.6 Å². The van der Waals surface area contributed by atoms with E-state index in [4.69, 9.17) is 9.47 Å². The molecule has 1 aromatic heterocycles. The topological polar surface area (TPSA) is 142 Å². The van der Waals surface area contributed by atoms with Gasteiger partial charge in [-0.15, -0.1) is 5.10 Å². The Balaban J connectivity index is 1.35. The summed E-state index contributed by atoms with van der Waals surface area (Å²) in [5, 5.41) is 52.2. The standard InChI is InChI=1S/C28H25F3N4O6/c29-19-7-15(8-20(30)25(19)31)21-11-35(34-33-21)26-23(38)13-40-28(27(26)39)24(9-16(12-36)41-28)32-10-18-17-4-2-1-3-14(17)5-6-22(18)37/h1-8,10-11,16,23-24,26-27,36-39H,9,12-13H2. The predicted molar refractivity (Wildman–Crippen MR) is 139 cm³/mol. The minimum atomic E-state index is -1.83. The number of nitrogens with zero attached hydrogens (tertiary/aromatic N) is 4. The van der Waals surface area contributed by atoms with Crippen molar-refractivity contribution in [2.45, 2.75) is 42.6 Å². The summed E-state index contributed by atoms with van der Waals surface area (Å²) in [5.74, 6) is -6.28. The maximum atomic E-state index is 13.8. The largest absolute Gasteiger partial charge is 0.507 e. The van der Waals surface area contributed by atoms with Gasteiger partial charge in [-0.3, -0.25) is 4.99 Å². The number of halogens is 3. The third kappa shape index (κ3) is 4.65. The smallest absolute Gasteiger partial charge is 0.220 e. The number of benzene rings is 3. The monoisotopic (exact) mass is 570 g/mol. The van der Waals surface area contributed by atoms with Gasteiger partial charge in [0.25, 0.3) is 0 Å². The number of rotatable bonds is 5. The summed E-state index contributed by atoms with van der Waals surface area (Å²) in [5.41, 5.74) is 0.296. The van der Waals surface area contributed by atoms with E-state index in [2.05, 4.69) is 15.3 Å². The van der Waals surface area contributed by atoms with Crippen LogP contribution >= 0.6 is 0 Å². The van der Waals surface area contributed by atoms with Gasteiger partial charge < -0.3 is 29.9 Å². The van der Waals surface area contributed by atoms with E-state index in [1.165, 1.54) is 12.4 Å². The molecule has 10 nitrogen and oxygen atoms in total. The molecule has 6 atom stereocenters. The molecule has 6 unspecified atom stereocenters. The highest BCUT2D eigenvalue weighted by Crippen LogP contribution is 2.44. The highest BCUT2D eigenvalue weighted by molar-refractivity contribution is 6.02. The van der Waals surface area contributed by atoms with Crippen LogP contribution in [0.1, 0.15) is 18.0 Å². The van der Waals surface area contributed by atoms with Crippen molar-refractivity contribution in [3.05, 3.63) is 77.7 Å². The first-order valence-corrected chi connectivity index (χ1v) is 12.8. The summed E-state index contributed by atoms with van der Waals surface area (Å²) in [6, 6.07) is 10.1.